The number of aliphatic hydroxyl groups excluding tert-OH is 1. The van der Waals surface area contributed by atoms with Gasteiger partial charge in [-0.3, -0.25) is 0 Å². The molecule has 1 N–H and O–H groups in total. The molecule has 0 saturated carbocycles. The second kappa shape index (κ2) is 8.25. The molecule has 19 heavy (non-hydrogen) atoms. The summed E-state index contributed by atoms with van der Waals surface area (Å²) in [5.74, 6) is -0.267. The topological polar surface area (TPSA) is 26.7 Å². The molecule has 1 rings (SSSR count). The van der Waals surface area contributed by atoms with E-state index in [0.717, 1.165) is 31.6 Å². The standard InChI is InChI=1S/C15H25FN2O/c1-17(2)10-4-11-18(3)12-9-15(19)13-5-7-14(16)8-6-13/h5-8,15,19H,4,9-12H2,1-3H3. The SMILES string of the molecule is CN(C)CCCN(C)CCC(O)c1ccc(F)cc1. The highest BCUT2D eigenvalue weighted by Gasteiger charge is 2.09. The Labute approximate surface area is 115 Å². The molecule has 0 amide bonds. The minimum Gasteiger partial charge on any atom is -0.388 e. The van der Waals surface area contributed by atoms with E-state index in [0.29, 0.717) is 6.42 Å². The van der Waals surface area contributed by atoms with Crippen LogP contribution in [0.5, 0.6) is 0 Å². The maximum absolute atomic E-state index is 12.8. The van der Waals surface area contributed by atoms with E-state index in [1.165, 1.54) is 12.1 Å². The highest BCUT2D eigenvalue weighted by molar-refractivity contribution is 5.18. The average Bonchev–Trinajstić information content (AvgIpc) is 2.36. The van der Waals surface area contributed by atoms with Crippen LogP contribution in [0.15, 0.2) is 24.3 Å². The number of benzene rings is 1. The summed E-state index contributed by atoms with van der Waals surface area (Å²) in [7, 11) is 6.20. The molecule has 1 aromatic carbocycles. The van der Waals surface area contributed by atoms with Crippen LogP contribution in [0.4, 0.5) is 4.39 Å². The van der Waals surface area contributed by atoms with Gasteiger partial charge in [-0.1, -0.05) is 12.1 Å². The molecular formula is C15H25FN2O. The van der Waals surface area contributed by atoms with Gasteiger partial charge in [0.2, 0.25) is 0 Å². The summed E-state index contributed by atoms with van der Waals surface area (Å²) in [4.78, 5) is 4.39. The Hall–Kier alpha value is -0.970. The summed E-state index contributed by atoms with van der Waals surface area (Å²) in [5.41, 5.74) is 0.781. The van der Waals surface area contributed by atoms with Crippen molar-refractivity contribution in [1.82, 2.24) is 9.80 Å². The van der Waals surface area contributed by atoms with Crippen LogP contribution in [0.3, 0.4) is 0 Å². The van der Waals surface area contributed by atoms with E-state index >= 15 is 0 Å². The fourth-order valence-electron chi connectivity index (χ4n) is 1.96. The van der Waals surface area contributed by atoms with Crippen LogP contribution >= 0.6 is 0 Å². The molecule has 0 heterocycles. The summed E-state index contributed by atoms with van der Waals surface area (Å²) in [6, 6.07) is 6.07. The van der Waals surface area contributed by atoms with Crippen molar-refractivity contribution in [3.63, 3.8) is 0 Å². The number of rotatable bonds is 8. The summed E-state index contributed by atoms with van der Waals surface area (Å²) < 4.78 is 12.8. The summed E-state index contributed by atoms with van der Waals surface area (Å²) in [6.07, 6.45) is 1.28. The summed E-state index contributed by atoms with van der Waals surface area (Å²) in [6.45, 7) is 2.94. The predicted octanol–water partition coefficient (Wildman–Crippen LogP) is 2.13. The van der Waals surface area contributed by atoms with Gasteiger partial charge in [0.15, 0.2) is 0 Å². The van der Waals surface area contributed by atoms with E-state index in [2.05, 4.69) is 30.9 Å². The largest absolute Gasteiger partial charge is 0.388 e. The van der Waals surface area contributed by atoms with Gasteiger partial charge in [0.1, 0.15) is 5.82 Å². The molecule has 0 aromatic heterocycles. The van der Waals surface area contributed by atoms with Gasteiger partial charge >= 0.3 is 0 Å². The highest BCUT2D eigenvalue weighted by Crippen LogP contribution is 2.17. The average molecular weight is 268 g/mol. The number of halogens is 1. The monoisotopic (exact) mass is 268 g/mol. The van der Waals surface area contributed by atoms with Crippen LogP contribution in [0, 0.1) is 5.82 Å². The molecule has 0 spiro atoms. The van der Waals surface area contributed by atoms with Crippen LogP contribution in [0.1, 0.15) is 24.5 Å². The van der Waals surface area contributed by atoms with Gasteiger partial charge in [-0.2, -0.15) is 0 Å². The van der Waals surface area contributed by atoms with Crippen LogP contribution in [-0.2, 0) is 0 Å². The Morgan fingerprint density at radius 1 is 1.05 bits per heavy atom. The maximum Gasteiger partial charge on any atom is 0.123 e. The minimum atomic E-state index is -0.517. The minimum absolute atomic E-state index is 0.267. The molecule has 0 aliphatic heterocycles. The Kier molecular flexibility index (Phi) is 6.99. The van der Waals surface area contributed by atoms with Gasteiger partial charge in [-0.15, -0.1) is 0 Å². The van der Waals surface area contributed by atoms with E-state index in [4.69, 9.17) is 0 Å². The number of hydrogen-bond donors (Lipinski definition) is 1. The third kappa shape index (κ3) is 6.66. The molecule has 4 heteroatoms. The molecule has 0 aliphatic rings. The molecule has 0 fully saturated rings. The molecule has 3 nitrogen and oxygen atoms in total. The Morgan fingerprint density at radius 2 is 1.68 bits per heavy atom. The molecule has 108 valence electrons. The fraction of sp³-hybridized carbons (Fsp3) is 0.600. The van der Waals surface area contributed by atoms with E-state index in [1.54, 1.807) is 12.1 Å². The molecule has 0 saturated heterocycles. The third-order valence-corrected chi connectivity index (χ3v) is 3.18. The molecule has 1 atom stereocenters. The van der Waals surface area contributed by atoms with Gasteiger partial charge in [0.05, 0.1) is 6.10 Å². The lowest BCUT2D eigenvalue weighted by atomic mass is 10.1. The van der Waals surface area contributed by atoms with E-state index < -0.39 is 6.10 Å². The highest BCUT2D eigenvalue weighted by atomic mass is 19.1. The normalized spacial score (nSPS) is 13.2. The first-order valence-corrected chi connectivity index (χ1v) is 6.76. The van der Waals surface area contributed by atoms with Crippen molar-refractivity contribution < 1.29 is 9.50 Å². The van der Waals surface area contributed by atoms with Gasteiger partial charge in [0, 0.05) is 6.54 Å². The lowest BCUT2D eigenvalue weighted by Crippen LogP contribution is -2.25. The van der Waals surface area contributed by atoms with Crippen molar-refractivity contribution >= 4 is 0 Å². The molecular weight excluding hydrogens is 243 g/mol. The first-order chi connectivity index (χ1) is 8.99. The molecule has 0 bridgehead atoms. The lowest BCUT2D eigenvalue weighted by molar-refractivity contribution is 0.148. The predicted molar refractivity (Wildman–Crippen MR) is 76.6 cm³/mol. The van der Waals surface area contributed by atoms with Crippen LogP contribution in [-0.4, -0.2) is 55.7 Å². The zero-order valence-corrected chi connectivity index (χ0v) is 12.1. The Balaban J connectivity index is 2.25. The molecule has 1 unspecified atom stereocenters. The molecule has 0 radical (unpaired) electrons. The number of hydrogen-bond acceptors (Lipinski definition) is 3. The smallest absolute Gasteiger partial charge is 0.123 e. The van der Waals surface area contributed by atoms with Gasteiger partial charge < -0.3 is 14.9 Å². The second-order valence-electron chi connectivity index (χ2n) is 5.32. The Bertz CT molecular complexity index is 354. The van der Waals surface area contributed by atoms with Crippen molar-refractivity contribution in [3.8, 4) is 0 Å². The van der Waals surface area contributed by atoms with Crippen molar-refractivity contribution in [3.05, 3.63) is 35.6 Å². The first-order valence-electron chi connectivity index (χ1n) is 6.76. The van der Waals surface area contributed by atoms with Crippen molar-refractivity contribution in [2.45, 2.75) is 18.9 Å². The van der Waals surface area contributed by atoms with Gasteiger partial charge in [-0.05, 0) is 64.8 Å². The van der Waals surface area contributed by atoms with Crippen LogP contribution in [0.25, 0.3) is 0 Å². The summed E-state index contributed by atoms with van der Waals surface area (Å²) in [5, 5.41) is 10.0. The van der Waals surface area contributed by atoms with Crippen molar-refractivity contribution in [2.24, 2.45) is 0 Å². The van der Waals surface area contributed by atoms with Gasteiger partial charge in [-0.25, -0.2) is 4.39 Å². The first kappa shape index (κ1) is 16.1. The van der Waals surface area contributed by atoms with Gasteiger partial charge in [0.25, 0.3) is 0 Å². The summed E-state index contributed by atoms with van der Waals surface area (Å²) >= 11 is 0. The maximum atomic E-state index is 12.8. The van der Waals surface area contributed by atoms with Crippen molar-refractivity contribution in [2.75, 3.05) is 40.8 Å². The zero-order chi connectivity index (χ0) is 14.3. The van der Waals surface area contributed by atoms with Crippen LogP contribution in [0.2, 0.25) is 0 Å². The Morgan fingerprint density at radius 3 is 2.26 bits per heavy atom. The fourth-order valence-corrected chi connectivity index (χ4v) is 1.96. The van der Waals surface area contributed by atoms with Crippen LogP contribution < -0.4 is 0 Å². The molecule has 0 aliphatic carbocycles. The second-order valence-corrected chi connectivity index (χ2v) is 5.32. The number of aliphatic hydroxyl groups is 1. The van der Waals surface area contributed by atoms with E-state index in [1.807, 2.05) is 0 Å². The molecule has 1 aromatic rings. The number of nitrogens with zero attached hydrogens (tertiary/aromatic N) is 2. The van der Waals surface area contributed by atoms with E-state index in [9.17, 15) is 9.50 Å². The lowest BCUT2D eigenvalue weighted by Gasteiger charge is -2.20. The quantitative estimate of drug-likeness (QED) is 0.782. The van der Waals surface area contributed by atoms with E-state index in [-0.39, 0.29) is 5.82 Å². The van der Waals surface area contributed by atoms with Crippen molar-refractivity contribution in [1.29, 1.82) is 0 Å². The third-order valence-electron chi connectivity index (χ3n) is 3.18. The zero-order valence-electron chi connectivity index (χ0n) is 12.1.